The third-order valence-electron chi connectivity index (χ3n) is 3.80. The van der Waals surface area contributed by atoms with E-state index < -0.39 is 0 Å². The monoisotopic (exact) mass is 264 g/mol. The van der Waals surface area contributed by atoms with Gasteiger partial charge in [-0.05, 0) is 44.8 Å². The second-order valence-corrected chi connectivity index (χ2v) is 5.17. The van der Waals surface area contributed by atoms with E-state index >= 15 is 0 Å². The zero-order valence-corrected chi connectivity index (χ0v) is 11.9. The van der Waals surface area contributed by atoms with Gasteiger partial charge in [0.2, 0.25) is 0 Å². The first-order valence-electron chi connectivity index (χ1n) is 7.27. The van der Waals surface area contributed by atoms with Crippen LogP contribution < -0.4 is 5.32 Å². The van der Waals surface area contributed by atoms with Crippen molar-refractivity contribution in [3.63, 3.8) is 0 Å². The molecule has 106 valence electrons. The number of nitrogens with one attached hydrogen (secondary N) is 1. The Morgan fingerprint density at radius 3 is 3.00 bits per heavy atom. The van der Waals surface area contributed by atoms with Crippen molar-refractivity contribution in [2.75, 3.05) is 26.2 Å². The minimum absolute atomic E-state index is 0.0548. The van der Waals surface area contributed by atoms with Crippen LogP contribution in [0.15, 0.2) is 12.3 Å². The van der Waals surface area contributed by atoms with E-state index in [9.17, 15) is 4.79 Å². The predicted octanol–water partition coefficient (Wildman–Crippen LogP) is 1.36. The SMILES string of the molecule is CCN1CCCC(CNC(=O)c2ccn(CC)n2)C1. The Labute approximate surface area is 115 Å². The quantitative estimate of drug-likeness (QED) is 0.873. The Bertz CT molecular complexity index is 415. The number of aryl methyl sites for hydroxylation is 1. The summed E-state index contributed by atoms with van der Waals surface area (Å²) in [6.07, 6.45) is 4.29. The molecule has 1 aromatic rings. The maximum atomic E-state index is 12.0. The molecule has 19 heavy (non-hydrogen) atoms. The van der Waals surface area contributed by atoms with Crippen molar-refractivity contribution < 1.29 is 4.79 Å². The number of rotatable bonds is 5. The van der Waals surface area contributed by atoms with Crippen molar-refractivity contribution in [3.05, 3.63) is 18.0 Å². The average molecular weight is 264 g/mol. The molecule has 1 amide bonds. The van der Waals surface area contributed by atoms with Gasteiger partial charge in [-0.2, -0.15) is 5.10 Å². The molecule has 2 heterocycles. The highest BCUT2D eigenvalue weighted by Gasteiger charge is 2.19. The smallest absolute Gasteiger partial charge is 0.271 e. The number of aromatic nitrogens is 2. The molecular weight excluding hydrogens is 240 g/mol. The molecule has 5 heteroatoms. The summed E-state index contributed by atoms with van der Waals surface area (Å²) >= 11 is 0. The van der Waals surface area contributed by atoms with E-state index in [1.807, 2.05) is 13.1 Å². The summed E-state index contributed by atoms with van der Waals surface area (Å²) in [6.45, 7) is 9.15. The van der Waals surface area contributed by atoms with E-state index in [1.54, 1.807) is 10.7 Å². The summed E-state index contributed by atoms with van der Waals surface area (Å²) in [7, 11) is 0. The van der Waals surface area contributed by atoms with Crippen LogP contribution in [0.3, 0.4) is 0 Å². The standard InChI is InChI=1S/C14H24N4O/c1-3-17-8-5-6-12(11-17)10-15-14(19)13-7-9-18(4-2)16-13/h7,9,12H,3-6,8,10-11H2,1-2H3,(H,15,19). The molecule has 0 radical (unpaired) electrons. The van der Waals surface area contributed by atoms with Gasteiger partial charge in [-0.1, -0.05) is 6.92 Å². The van der Waals surface area contributed by atoms with Crippen LogP contribution in [0, 0.1) is 5.92 Å². The fraction of sp³-hybridized carbons (Fsp3) is 0.714. The molecule has 1 fully saturated rings. The lowest BCUT2D eigenvalue weighted by Gasteiger charge is -2.31. The molecule has 1 aliphatic heterocycles. The molecule has 1 N–H and O–H groups in total. The van der Waals surface area contributed by atoms with Crippen LogP contribution in [0.4, 0.5) is 0 Å². The summed E-state index contributed by atoms with van der Waals surface area (Å²) in [6, 6.07) is 1.78. The van der Waals surface area contributed by atoms with E-state index in [0.29, 0.717) is 11.6 Å². The first-order valence-corrected chi connectivity index (χ1v) is 7.27. The maximum Gasteiger partial charge on any atom is 0.271 e. The number of hydrogen-bond donors (Lipinski definition) is 1. The lowest BCUT2D eigenvalue weighted by molar-refractivity contribution is 0.0928. The van der Waals surface area contributed by atoms with Gasteiger partial charge in [0.25, 0.3) is 5.91 Å². The number of likely N-dealkylation sites (tertiary alicyclic amines) is 1. The highest BCUT2D eigenvalue weighted by molar-refractivity contribution is 5.92. The van der Waals surface area contributed by atoms with Crippen LogP contribution in [0.1, 0.15) is 37.2 Å². The fourth-order valence-corrected chi connectivity index (χ4v) is 2.59. The van der Waals surface area contributed by atoms with E-state index in [0.717, 1.165) is 26.2 Å². The first-order chi connectivity index (χ1) is 9.22. The van der Waals surface area contributed by atoms with Crippen molar-refractivity contribution in [2.24, 2.45) is 5.92 Å². The van der Waals surface area contributed by atoms with Crippen LogP contribution in [0.25, 0.3) is 0 Å². The minimum Gasteiger partial charge on any atom is -0.350 e. The van der Waals surface area contributed by atoms with Gasteiger partial charge >= 0.3 is 0 Å². The Morgan fingerprint density at radius 2 is 2.32 bits per heavy atom. The molecule has 0 saturated carbocycles. The van der Waals surface area contributed by atoms with Crippen molar-refractivity contribution >= 4 is 5.91 Å². The number of nitrogens with zero attached hydrogens (tertiary/aromatic N) is 3. The number of piperidine rings is 1. The molecule has 0 aromatic carbocycles. The van der Waals surface area contributed by atoms with Gasteiger partial charge in [-0.25, -0.2) is 0 Å². The topological polar surface area (TPSA) is 50.2 Å². The number of amides is 1. The van der Waals surface area contributed by atoms with Gasteiger partial charge in [0.15, 0.2) is 0 Å². The molecule has 1 aromatic heterocycles. The van der Waals surface area contributed by atoms with E-state index in [-0.39, 0.29) is 5.91 Å². The molecule has 0 aliphatic carbocycles. The number of carbonyl (C=O) groups excluding carboxylic acids is 1. The zero-order valence-electron chi connectivity index (χ0n) is 11.9. The van der Waals surface area contributed by atoms with E-state index in [2.05, 4.69) is 22.2 Å². The summed E-state index contributed by atoms with van der Waals surface area (Å²) < 4.78 is 1.77. The lowest BCUT2D eigenvalue weighted by Crippen LogP contribution is -2.40. The average Bonchev–Trinajstić information content (AvgIpc) is 2.94. The minimum atomic E-state index is -0.0548. The Kier molecular flexibility index (Phi) is 4.96. The molecule has 5 nitrogen and oxygen atoms in total. The summed E-state index contributed by atoms with van der Waals surface area (Å²) in [4.78, 5) is 14.4. The molecule has 1 unspecified atom stereocenters. The zero-order chi connectivity index (χ0) is 13.7. The van der Waals surface area contributed by atoms with Gasteiger partial charge in [-0.3, -0.25) is 9.48 Å². The van der Waals surface area contributed by atoms with Crippen LogP contribution in [-0.2, 0) is 6.54 Å². The molecule has 0 spiro atoms. The number of carbonyl (C=O) groups is 1. The van der Waals surface area contributed by atoms with Gasteiger partial charge in [0, 0.05) is 25.8 Å². The molecule has 1 saturated heterocycles. The van der Waals surface area contributed by atoms with Gasteiger partial charge < -0.3 is 10.2 Å². The number of hydrogen-bond acceptors (Lipinski definition) is 3. The third kappa shape index (κ3) is 3.80. The molecule has 1 aliphatic rings. The van der Waals surface area contributed by atoms with Gasteiger partial charge in [0.05, 0.1) is 0 Å². The van der Waals surface area contributed by atoms with Crippen molar-refractivity contribution in [1.29, 1.82) is 0 Å². The highest BCUT2D eigenvalue weighted by Crippen LogP contribution is 2.15. The largest absolute Gasteiger partial charge is 0.350 e. The van der Waals surface area contributed by atoms with Crippen LogP contribution in [0.2, 0.25) is 0 Å². The normalized spacial score (nSPS) is 20.4. The third-order valence-corrected chi connectivity index (χ3v) is 3.80. The second kappa shape index (κ2) is 6.70. The van der Waals surface area contributed by atoms with Crippen LogP contribution in [0.5, 0.6) is 0 Å². The lowest BCUT2D eigenvalue weighted by atomic mass is 9.98. The van der Waals surface area contributed by atoms with Crippen LogP contribution >= 0.6 is 0 Å². The Morgan fingerprint density at radius 1 is 1.47 bits per heavy atom. The Hall–Kier alpha value is -1.36. The predicted molar refractivity (Wildman–Crippen MR) is 75.1 cm³/mol. The van der Waals surface area contributed by atoms with Crippen molar-refractivity contribution in [3.8, 4) is 0 Å². The Balaban J connectivity index is 1.79. The molecular formula is C14H24N4O. The molecule has 2 rings (SSSR count). The van der Waals surface area contributed by atoms with Crippen molar-refractivity contribution in [1.82, 2.24) is 20.0 Å². The van der Waals surface area contributed by atoms with Gasteiger partial charge in [-0.15, -0.1) is 0 Å². The van der Waals surface area contributed by atoms with E-state index in [1.165, 1.54) is 19.4 Å². The summed E-state index contributed by atoms with van der Waals surface area (Å²) in [5.41, 5.74) is 0.519. The molecule has 1 atom stereocenters. The first kappa shape index (κ1) is 14.1. The summed E-state index contributed by atoms with van der Waals surface area (Å²) in [5, 5.41) is 7.23. The molecule has 0 bridgehead atoms. The van der Waals surface area contributed by atoms with Crippen LogP contribution in [-0.4, -0.2) is 46.8 Å². The van der Waals surface area contributed by atoms with Gasteiger partial charge in [0.1, 0.15) is 5.69 Å². The van der Waals surface area contributed by atoms with Crippen molar-refractivity contribution in [2.45, 2.75) is 33.2 Å². The second-order valence-electron chi connectivity index (χ2n) is 5.17. The summed E-state index contributed by atoms with van der Waals surface area (Å²) in [5.74, 6) is 0.520. The van der Waals surface area contributed by atoms with E-state index in [4.69, 9.17) is 0 Å². The highest BCUT2D eigenvalue weighted by atomic mass is 16.1. The fourth-order valence-electron chi connectivity index (χ4n) is 2.59. The maximum absolute atomic E-state index is 12.0.